The predicted octanol–water partition coefficient (Wildman–Crippen LogP) is 4.10. The summed E-state index contributed by atoms with van der Waals surface area (Å²) in [5.74, 6) is 0.382. The van der Waals surface area contributed by atoms with Gasteiger partial charge in [0.1, 0.15) is 10.8 Å². The molecule has 0 aliphatic heterocycles. The van der Waals surface area contributed by atoms with E-state index in [4.69, 9.17) is 4.74 Å². The van der Waals surface area contributed by atoms with Crippen LogP contribution in [0.4, 0.5) is 5.00 Å². The van der Waals surface area contributed by atoms with Gasteiger partial charge in [-0.3, -0.25) is 9.59 Å². The largest absolute Gasteiger partial charge is 0.497 e. The standard InChI is InChI=1S/C18H15NO3S/c1-11(20)19-18-16(14-5-3-4-6-15(14)23-18)17(21)12-7-9-13(22-2)10-8-12/h3-10H,1-2H3,(H,19,20). The monoisotopic (exact) mass is 325 g/mol. The van der Waals surface area contributed by atoms with E-state index >= 15 is 0 Å². The lowest BCUT2D eigenvalue weighted by Crippen LogP contribution is -2.09. The minimum Gasteiger partial charge on any atom is -0.497 e. The lowest BCUT2D eigenvalue weighted by Gasteiger charge is -2.06. The maximum atomic E-state index is 12.9. The Morgan fingerprint density at radius 2 is 1.74 bits per heavy atom. The number of benzene rings is 2. The third-order valence-electron chi connectivity index (χ3n) is 3.46. The molecule has 0 saturated heterocycles. The first-order chi connectivity index (χ1) is 11.1. The highest BCUT2D eigenvalue weighted by atomic mass is 32.1. The zero-order chi connectivity index (χ0) is 16.4. The summed E-state index contributed by atoms with van der Waals surface area (Å²) in [6, 6.07) is 14.6. The number of ether oxygens (including phenoxy) is 1. The average Bonchev–Trinajstić information content (AvgIpc) is 2.91. The number of methoxy groups -OCH3 is 1. The molecule has 0 saturated carbocycles. The second-order valence-electron chi connectivity index (χ2n) is 5.04. The predicted molar refractivity (Wildman–Crippen MR) is 92.6 cm³/mol. The van der Waals surface area contributed by atoms with E-state index in [0.717, 1.165) is 10.1 Å². The Bertz CT molecular complexity index is 881. The lowest BCUT2D eigenvalue weighted by atomic mass is 10.0. The van der Waals surface area contributed by atoms with Gasteiger partial charge in [0.2, 0.25) is 5.91 Å². The van der Waals surface area contributed by atoms with Gasteiger partial charge in [0.05, 0.1) is 12.7 Å². The number of hydrogen-bond donors (Lipinski definition) is 1. The average molecular weight is 325 g/mol. The fourth-order valence-electron chi connectivity index (χ4n) is 2.41. The first kappa shape index (κ1) is 15.2. The van der Waals surface area contributed by atoms with Crippen molar-refractivity contribution >= 4 is 38.1 Å². The number of amides is 1. The molecule has 3 aromatic rings. The summed E-state index contributed by atoms with van der Waals surface area (Å²) in [4.78, 5) is 24.4. The van der Waals surface area contributed by atoms with Crippen LogP contribution in [0.3, 0.4) is 0 Å². The molecule has 0 unspecified atom stereocenters. The second kappa shape index (κ2) is 6.22. The number of carbonyl (C=O) groups excluding carboxylic acids is 2. The number of rotatable bonds is 4. The summed E-state index contributed by atoms with van der Waals surface area (Å²) >= 11 is 1.41. The van der Waals surface area contributed by atoms with E-state index in [-0.39, 0.29) is 11.7 Å². The Morgan fingerprint density at radius 3 is 2.39 bits per heavy atom. The number of anilines is 1. The van der Waals surface area contributed by atoms with E-state index in [0.29, 0.717) is 21.9 Å². The smallest absolute Gasteiger partial charge is 0.221 e. The summed E-state index contributed by atoms with van der Waals surface area (Å²) in [5.41, 5.74) is 1.09. The molecule has 2 aromatic carbocycles. The highest BCUT2D eigenvalue weighted by Crippen LogP contribution is 2.37. The molecule has 0 fully saturated rings. The van der Waals surface area contributed by atoms with Crippen LogP contribution in [-0.2, 0) is 4.79 Å². The summed E-state index contributed by atoms with van der Waals surface area (Å²) in [6.45, 7) is 1.44. The van der Waals surface area contributed by atoms with Crippen molar-refractivity contribution in [2.24, 2.45) is 0 Å². The van der Waals surface area contributed by atoms with Crippen molar-refractivity contribution in [1.82, 2.24) is 0 Å². The number of carbonyl (C=O) groups is 2. The molecule has 1 N–H and O–H groups in total. The number of fused-ring (bicyclic) bond motifs is 1. The van der Waals surface area contributed by atoms with Gasteiger partial charge in [-0.25, -0.2) is 0 Å². The zero-order valence-corrected chi connectivity index (χ0v) is 13.6. The first-order valence-electron chi connectivity index (χ1n) is 7.08. The van der Waals surface area contributed by atoms with E-state index in [2.05, 4.69) is 5.32 Å². The third kappa shape index (κ3) is 2.96. The van der Waals surface area contributed by atoms with Gasteiger partial charge in [-0.2, -0.15) is 0 Å². The molecule has 0 radical (unpaired) electrons. The Labute approximate surface area is 137 Å². The molecule has 1 amide bonds. The van der Waals surface area contributed by atoms with Gasteiger partial charge in [-0.15, -0.1) is 11.3 Å². The van der Waals surface area contributed by atoms with Gasteiger partial charge >= 0.3 is 0 Å². The quantitative estimate of drug-likeness (QED) is 0.735. The molecule has 0 aliphatic carbocycles. The van der Waals surface area contributed by atoms with Crippen molar-refractivity contribution in [3.05, 3.63) is 59.7 Å². The van der Waals surface area contributed by atoms with Gasteiger partial charge in [0.25, 0.3) is 0 Å². The van der Waals surface area contributed by atoms with Gasteiger partial charge in [-0.05, 0) is 30.3 Å². The van der Waals surface area contributed by atoms with Crippen molar-refractivity contribution in [3.63, 3.8) is 0 Å². The number of hydrogen-bond acceptors (Lipinski definition) is 4. The Morgan fingerprint density at radius 1 is 1.04 bits per heavy atom. The topological polar surface area (TPSA) is 55.4 Å². The van der Waals surface area contributed by atoms with Crippen molar-refractivity contribution in [2.75, 3.05) is 12.4 Å². The van der Waals surface area contributed by atoms with Crippen LogP contribution in [0, 0.1) is 0 Å². The summed E-state index contributed by atoms with van der Waals surface area (Å²) in [6.07, 6.45) is 0. The first-order valence-corrected chi connectivity index (χ1v) is 7.89. The number of nitrogens with one attached hydrogen (secondary N) is 1. The highest BCUT2D eigenvalue weighted by molar-refractivity contribution is 7.23. The number of ketones is 1. The fourth-order valence-corrected chi connectivity index (χ4v) is 3.55. The third-order valence-corrected chi connectivity index (χ3v) is 4.55. The van der Waals surface area contributed by atoms with E-state index in [1.165, 1.54) is 18.3 Å². The normalized spacial score (nSPS) is 10.5. The molecule has 116 valence electrons. The summed E-state index contributed by atoms with van der Waals surface area (Å²) < 4.78 is 6.09. The maximum absolute atomic E-state index is 12.9. The molecule has 4 nitrogen and oxygen atoms in total. The van der Waals surface area contributed by atoms with Crippen LogP contribution in [0.15, 0.2) is 48.5 Å². The molecular formula is C18H15NO3S. The fraction of sp³-hybridized carbons (Fsp3) is 0.111. The molecular weight excluding hydrogens is 310 g/mol. The van der Waals surface area contributed by atoms with Crippen molar-refractivity contribution in [1.29, 1.82) is 0 Å². The Kier molecular flexibility index (Phi) is 4.12. The minimum absolute atomic E-state index is 0.117. The van der Waals surface area contributed by atoms with Crippen molar-refractivity contribution < 1.29 is 14.3 Å². The van der Waals surface area contributed by atoms with Crippen LogP contribution in [-0.4, -0.2) is 18.8 Å². The second-order valence-corrected chi connectivity index (χ2v) is 6.09. The van der Waals surface area contributed by atoms with Crippen LogP contribution < -0.4 is 10.1 Å². The van der Waals surface area contributed by atoms with E-state index < -0.39 is 0 Å². The molecule has 5 heteroatoms. The highest BCUT2D eigenvalue weighted by Gasteiger charge is 2.20. The molecule has 3 rings (SSSR count). The van der Waals surface area contributed by atoms with Crippen LogP contribution in [0.1, 0.15) is 22.8 Å². The Balaban J connectivity index is 2.12. The molecule has 0 bridgehead atoms. The SMILES string of the molecule is COc1ccc(C(=O)c2c(NC(C)=O)sc3ccccc23)cc1. The van der Waals surface area contributed by atoms with Gasteiger partial charge in [0, 0.05) is 22.6 Å². The van der Waals surface area contributed by atoms with E-state index in [1.807, 2.05) is 24.3 Å². The van der Waals surface area contributed by atoms with Crippen LogP contribution in [0.2, 0.25) is 0 Å². The van der Waals surface area contributed by atoms with Crippen molar-refractivity contribution in [3.8, 4) is 5.75 Å². The van der Waals surface area contributed by atoms with Gasteiger partial charge in [-0.1, -0.05) is 18.2 Å². The van der Waals surface area contributed by atoms with Gasteiger partial charge < -0.3 is 10.1 Å². The van der Waals surface area contributed by atoms with E-state index in [9.17, 15) is 9.59 Å². The molecule has 0 aliphatic rings. The van der Waals surface area contributed by atoms with Crippen LogP contribution in [0.5, 0.6) is 5.75 Å². The van der Waals surface area contributed by atoms with Crippen LogP contribution >= 0.6 is 11.3 Å². The maximum Gasteiger partial charge on any atom is 0.221 e. The lowest BCUT2D eigenvalue weighted by molar-refractivity contribution is -0.114. The molecule has 23 heavy (non-hydrogen) atoms. The molecule has 1 heterocycles. The molecule has 0 atom stereocenters. The summed E-state index contributed by atoms with van der Waals surface area (Å²) in [7, 11) is 1.58. The Hall–Kier alpha value is -2.66. The minimum atomic E-state index is -0.194. The van der Waals surface area contributed by atoms with Gasteiger partial charge in [0.15, 0.2) is 5.78 Å². The zero-order valence-electron chi connectivity index (χ0n) is 12.8. The van der Waals surface area contributed by atoms with Crippen LogP contribution in [0.25, 0.3) is 10.1 Å². The number of thiophene rings is 1. The van der Waals surface area contributed by atoms with E-state index in [1.54, 1.807) is 31.4 Å². The van der Waals surface area contributed by atoms with Crippen molar-refractivity contribution in [2.45, 2.75) is 6.92 Å². The summed E-state index contributed by atoms with van der Waals surface area (Å²) in [5, 5.41) is 4.20. The molecule has 0 spiro atoms. The molecule has 1 aromatic heterocycles.